The number of carbonyl (C=O) groups excluding carboxylic acids is 1. The standard InChI is InChI=1S/C20H23N5OS/c1-16-7-9-18(10-8-16)23-20(26)25-13-11-24(12-14-25)19(21)27-22-15-17-5-3-2-4-6-17/h2-10,15,21H,11-14H2,1H3,(H,23,26)/b21-19?,22-15+. The van der Waals surface area contributed by atoms with E-state index in [9.17, 15) is 4.79 Å². The Kier molecular flexibility index (Phi) is 6.49. The van der Waals surface area contributed by atoms with E-state index in [1.165, 1.54) is 0 Å². The molecule has 2 aromatic rings. The monoisotopic (exact) mass is 381 g/mol. The summed E-state index contributed by atoms with van der Waals surface area (Å²) >= 11 is 1.15. The van der Waals surface area contributed by atoms with Gasteiger partial charge in [0.05, 0.1) is 0 Å². The van der Waals surface area contributed by atoms with Gasteiger partial charge in [-0.2, -0.15) is 0 Å². The average Bonchev–Trinajstić information content (AvgIpc) is 2.70. The van der Waals surface area contributed by atoms with Gasteiger partial charge in [0.25, 0.3) is 0 Å². The Labute approximate surface area is 163 Å². The smallest absolute Gasteiger partial charge is 0.321 e. The maximum Gasteiger partial charge on any atom is 0.321 e. The molecule has 0 aliphatic carbocycles. The number of anilines is 1. The lowest BCUT2D eigenvalue weighted by Crippen LogP contribution is -2.51. The van der Waals surface area contributed by atoms with Crippen molar-refractivity contribution in [3.05, 3.63) is 65.7 Å². The minimum absolute atomic E-state index is 0.0974. The highest BCUT2D eigenvalue weighted by Crippen LogP contribution is 2.14. The zero-order chi connectivity index (χ0) is 19.1. The molecule has 27 heavy (non-hydrogen) atoms. The van der Waals surface area contributed by atoms with Crippen molar-refractivity contribution in [3.63, 3.8) is 0 Å². The number of aryl methyl sites for hydroxylation is 1. The van der Waals surface area contributed by atoms with Crippen molar-refractivity contribution >= 4 is 35.0 Å². The summed E-state index contributed by atoms with van der Waals surface area (Å²) in [6.07, 6.45) is 1.75. The van der Waals surface area contributed by atoms with Gasteiger partial charge < -0.3 is 15.1 Å². The second-order valence-electron chi connectivity index (χ2n) is 6.31. The number of nitrogens with zero attached hydrogens (tertiary/aromatic N) is 3. The normalized spacial score (nSPS) is 14.4. The summed E-state index contributed by atoms with van der Waals surface area (Å²) in [5, 5.41) is 11.5. The molecule has 1 fully saturated rings. The first kappa shape index (κ1) is 19.0. The fraction of sp³-hybridized carbons (Fsp3) is 0.250. The third-order valence-electron chi connectivity index (χ3n) is 4.30. The molecule has 0 radical (unpaired) electrons. The summed E-state index contributed by atoms with van der Waals surface area (Å²) in [5.41, 5.74) is 2.97. The highest BCUT2D eigenvalue weighted by Gasteiger charge is 2.22. The summed E-state index contributed by atoms with van der Waals surface area (Å²) in [5.74, 6) is 0. The minimum atomic E-state index is -0.0974. The van der Waals surface area contributed by atoms with E-state index in [1.807, 2.05) is 66.4 Å². The molecule has 0 atom stereocenters. The molecule has 1 aliphatic heterocycles. The van der Waals surface area contributed by atoms with Crippen LogP contribution in [0.5, 0.6) is 0 Å². The highest BCUT2D eigenvalue weighted by atomic mass is 32.2. The number of rotatable bonds is 3. The Morgan fingerprint density at radius 3 is 2.33 bits per heavy atom. The third-order valence-corrected chi connectivity index (χ3v) is 4.94. The number of urea groups is 1. The van der Waals surface area contributed by atoms with Crippen molar-refractivity contribution in [1.82, 2.24) is 9.80 Å². The lowest BCUT2D eigenvalue weighted by Gasteiger charge is -2.35. The first-order chi connectivity index (χ1) is 13.1. The number of hydrogen-bond donors (Lipinski definition) is 2. The Hall–Kier alpha value is -2.80. The Balaban J connectivity index is 1.43. The number of piperazine rings is 1. The van der Waals surface area contributed by atoms with Crippen molar-refractivity contribution in [3.8, 4) is 0 Å². The van der Waals surface area contributed by atoms with Crippen molar-refractivity contribution < 1.29 is 4.79 Å². The van der Waals surface area contributed by atoms with E-state index in [2.05, 4.69) is 9.71 Å². The Bertz CT molecular complexity index is 799. The fourth-order valence-electron chi connectivity index (χ4n) is 2.69. The van der Waals surface area contributed by atoms with Crippen molar-refractivity contribution in [1.29, 1.82) is 5.41 Å². The van der Waals surface area contributed by atoms with Gasteiger partial charge in [0, 0.05) is 50.0 Å². The van der Waals surface area contributed by atoms with Gasteiger partial charge >= 0.3 is 6.03 Å². The van der Waals surface area contributed by atoms with Crippen molar-refractivity contribution in [2.24, 2.45) is 4.40 Å². The molecule has 1 heterocycles. The second-order valence-corrected chi connectivity index (χ2v) is 7.09. The zero-order valence-electron chi connectivity index (χ0n) is 15.3. The first-order valence-electron chi connectivity index (χ1n) is 8.83. The molecular weight excluding hydrogens is 358 g/mol. The maximum atomic E-state index is 12.4. The second kappa shape index (κ2) is 9.23. The van der Waals surface area contributed by atoms with Gasteiger partial charge in [-0.3, -0.25) is 5.41 Å². The zero-order valence-corrected chi connectivity index (χ0v) is 16.1. The molecule has 0 aromatic heterocycles. The molecule has 140 valence electrons. The van der Waals surface area contributed by atoms with Crippen LogP contribution in [-0.4, -0.2) is 53.4 Å². The molecule has 6 nitrogen and oxygen atoms in total. The summed E-state index contributed by atoms with van der Waals surface area (Å²) < 4.78 is 4.27. The van der Waals surface area contributed by atoms with Gasteiger partial charge in [0.2, 0.25) is 0 Å². The van der Waals surface area contributed by atoms with E-state index in [1.54, 1.807) is 11.1 Å². The summed E-state index contributed by atoms with van der Waals surface area (Å²) in [4.78, 5) is 16.1. The number of nitrogens with one attached hydrogen (secondary N) is 2. The number of benzene rings is 2. The molecule has 0 unspecified atom stereocenters. The van der Waals surface area contributed by atoms with Crippen LogP contribution in [-0.2, 0) is 0 Å². The SMILES string of the molecule is Cc1ccc(NC(=O)N2CCN(C(=N)S/N=C/c3ccccc3)CC2)cc1. The van der Waals surface area contributed by atoms with Gasteiger partial charge in [0.15, 0.2) is 5.17 Å². The molecule has 3 rings (SSSR count). The molecule has 2 aromatic carbocycles. The van der Waals surface area contributed by atoms with E-state index >= 15 is 0 Å². The van der Waals surface area contributed by atoms with Crippen LogP contribution in [0.15, 0.2) is 59.0 Å². The van der Waals surface area contributed by atoms with Crippen LogP contribution >= 0.6 is 11.9 Å². The molecule has 1 aliphatic rings. The van der Waals surface area contributed by atoms with E-state index in [4.69, 9.17) is 5.41 Å². The first-order valence-corrected chi connectivity index (χ1v) is 9.61. The van der Waals surface area contributed by atoms with Crippen molar-refractivity contribution in [2.75, 3.05) is 31.5 Å². The Morgan fingerprint density at radius 2 is 1.67 bits per heavy atom. The van der Waals surface area contributed by atoms with Crippen LogP contribution in [0.2, 0.25) is 0 Å². The lowest BCUT2D eigenvalue weighted by molar-refractivity contribution is 0.182. The summed E-state index contributed by atoms with van der Waals surface area (Å²) in [6.45, 7) is 4.45. The number of carbonyl (C=O) groups is 1. The molecule has 1 saturated heterocycles. The van der Waals surface area contributed by atoms with Crippen LogP contribution in [0, 0.1) is 12.3 Å². The molecule has 0 saturated carbocycles. The van der Waals surface area contributed by atoms with Crippen LogP contribution < -0.4 is 5.32 Å². The van der Waals surface area contributed by atoms with Crippen molar-refractivity contribution in [2.45, 2.75) is 6.92 Å². The van der Waals surface area contributed by atoms with Crippen LogP contribution in [0.1, 0.15) is 11.1 Å². The largest absolute Gasteiger partial charge is 0.347 e. The predicted octanol–water partition coefficient (Wildman–Crippen LogP) is 3.85. The number of amidine groups is 1. The highest BCUT2D eigenvalue weighted by molar-refractivity contribution is 8.12. The fourth-order valence-corrected chi connectivity index (χ4v) is 3.26. The van der Waals surface area contributed by atoms with Crippen LogP contribution in [0.4, 0.5) is 10.5 Å². The minimum Gasteiger partial charge on any atom is -0.347 e. The molecule has 7 heteroatoms. The topological polar surface area (TPSA) is 71.8 Å². The van der Waals surface area contributed by atoms with E-state index in [-0.39, 0.29) is 6.03 Å². The molecular formula is C20H23N5OS. The quantitative estimate of drug-likeness (QED) is 0.482. The summed E-state index contributed by atoms with van der Waals surface area (Å²) in [6, 6.07) is 17.5. The average molecular weight is 382 g/mol. The predicted molar refractivity (Wildman–Crippen MR) is 113 cm³/mol. The van der Waals surface area contributed by atoms with E-state index in [0.717, 1.165) is 28.8 Å². The number of hydrogen-bond acceptors (Lipinski definition) is 4. The molecule has 0 bridgehead atoms. The lowest BCUT2D eigenvalue weighted by atomic mass is 10.2. The van der Waals surface area contributed by atoms with E-state index in [0.29, 0.717) is 31.3 Å². The number of amides is 2. The van der Waals surface area contributed by atoms with Gasteiger partial charge in [-0.25, -0.2) is 9.19 Å². The van der Waals surface area contributed by atoms with Crippen LogP contribution in [0.3, 0.4) is 0 Å². The van der Waals surface area contributed by atoms with E-state index < -0.39 is 0 Å². The van der Waals surface area contributed by atoms with Gasteiger partial charge in [-0.1, -0.05) is 48.0 Å². The third kappa shape index (κ3) is 5.59. The maximum absolute atomic E-state index is 12.4. The Morgan fingerprint density at radius 1 is 1.04 bits per heavy atom. The van der Waals surface area contributed by atoms with Crippen LogP contribution in [0.25, 0.3) is 0 Å². The van der Waals surface area contributed by atoms with Gasteiger partial charge in [0.1, 0.15) is 0 Å². The molecule has 0 spiro atoms. The molecule has 2 amide bonds. The molecule has 2 N–H and O–H groups in total. The summed E-state index contributed by atoms with van der Waals surface area (Å²) in [7, 11) is 0. The van der Waals surface area contributed by atoms with Gasteiger partial charge in [-0.15, -0.1) is 0 Å². The van der Waals surface area contributed by atoms with Gasteiger partial charge in [-0.05, 0) is 24.6 Å².